The number of fused-ring (bicyclic) bond motifs is 1. The molecule has 6 nitrogen and oxygen atoms in total. The lowest BCUT2D eigenvalue weighted by atomic mass is 10.3. The van der Waals surface area contributed by atoms with Crippen molar-refractivity contribution in [3.63, 3.8) is 0 Å². The zero-order valence-corrected chi connectivity index (χ0v) is 15.9. The van der Waals surface area contributed by atoms with Gasteiger partial charge >= 0.3 is 0 Å². The first-order chi connectivity index (χ1) is 11.4. The average Bonchev–Trinajstić information content (AvgIpc) is 3.22. The number of thioether (sulfide) groups is 1. The highest BCUT2D eigenvalue weighted by Crippen LogP contribution is 2.30. The SMILES string of the molecule is CSC(C)C(=O)Nc1nc2ccc(S(=O)(=O)N3CCCC3)cc2s1. The predicted octanol–water partition coefficient (Wildman–Crippen LogP) is 2.77. The van der Waals surface area contributed by atoms with Gasteiger partial charge in [0, 0.05) is 13.1 Å². The number of anilines is 1. The van der Waals surface area contributed by atoms with Crippen LogP contribution in [0.25, 0.3) is 10.2 Å². The van der Waals surface area contributed by atoms with Crippen LogP contribution in [0, 0.1) is 0 Å². The molecule has 1 aliphatic heterocycles. The smallest absolute Gasteiger partial charge is 0.243 e. The lowest BCUT2D eigenvalue weighted by Gasteiger charge is -2.15. The van der Waals surface area contributed by atoms with Gasteiger partial charge in [-0.05, 0) is 44.2 Å². The molecule has 2 heterocycles. The molecule has 1 atom stereocenters. The monoisotopic (exact) mass is 385 g/mol. The fraction of sp³-hybridized carbons (Fsp3) is 0.467. The van der Waals surface area contributed by atoms with Gasteiger partial charge in [-0.15, -0.1) is 0 Å². The van der Waals surface area contributed by atoms with E-state index in [2.05, 4.69) is 10.3 Å². The van der Waals surface area contributed by atoms with Crippen molar-refractivity contribution < 1.29 is 13.2 Å². The van der Waals surface area contributed by atoms with Crippen molar-refractivity contribution in [3.8, 4) is 0 Å². The van der Waals surface area contributed by atoms with Crippen molar-refractivity contribution in [2.24, 2.45) is 0 Å². The predicted molar refractivity (Wildman–Crippen MR) is 99.2 cm³/mol. The van der Waals surface area contributed by atoms with Crippen molar-refractivity contribution in [2.45, 2.75) is 29.9 Å². The number of benzene rings is 1. The minimum absolute atomic E-state index is 0.105. The quantitative estimate of drug-likeness (QED) is 0.856. The number of amides is 1. The van der Waals surface area contributed by atoms with E-state index < -0.39 is 10.0 Å². The van der Waals surface area contributed by atoms with E-state index in [1.807, 2.05) is 13.2 Å². The van der Waals surface area contributed by atoms with E-state index in [4.69, 9.17) is 0 Å². The molecule has 0 saturated carbocycles. The third-order valence-electron chi connectivity index (χ3n) is 4.02. The molecular weight excluding hydrogens is 366 g/mol. The Balaban J connectivity index is 1.88. The van der Waals surface area contributed by atoms with Crippen molar-refractivity contribution in [3.05, 3.63) is 18.2 Å². The molecule has 3 rings (SSSR count). The Kier molecular flexibility index (Phi) is 5.14. The van der Waals surface area contributed by atoms with Gasteiger partial charge in [-0.3, -0.25) is 4.79 Å². The van der Waals surface area contributed by atoms with Gasteiger partial charge in [0.25, 0.3) is 0 Å². The van der Waals surface area contributed by atoms with Crippen LogP contribution in [-0.2, 0) is 14.8 Å². The maximum atomic E-state index is 12.6. The number of rotatable bonds is 5. The molecule has 1 amide bonds. The van der Waals surface area contributed by atoms with Crippen LogP contribution in [-0.4, -0.2) is 48.2 Å². The summed E-state index contributed by atoms with van der Waals surface area (Å²) in [5, 5.41) is 3.11. The molecule has 1 aromatic carbocycles. The molecule has 9 heteroatoms. The Hall–Kier alpha value is -1.16. The fourth-order valence-corrected chi connectivity index (χ4v) is 5.31. The van der Waals surface area contributed by atoms with Crippen molar-refractivity contribution in [2.75, 3.05) is 24.7 Å². The second kappa shape index (κ2) is 6.99. The first kappa shape index (κ1) is 17.7. The highest BCUT2D eigenvalue weighted by Gasteiger charge is 2.27. The van der Waals surface area contributed by atoms with Crippen molar-refractivity contribution >= 4 is 54.4 Å². The molecule has 1 aromatic heterocycles. The Morgan fingerprint density at radius 3 is 2.75 bits per heavy atom. The van der Waals surface area contributed by atoms with Crippen LogP contribution in [0.5, 0.6) is 0 Å². The fourth-order valence-electron chi connectivity index (χ4n) is 2.51. The molecule has 1 unspecified atom stereocenters. The summed E-state index contributed by atoms with van der Waals surface area (Å²) in [6.45, 7) is 2.99. The number of carbonyl (C=O) groups excluding carboxylic acids is 1. The minimum Gasteiger partial charge on any atom is -0.301 e. The number of aromatic nitrogens is 1. The van der Waals surface area contributed by atoms with Gasteiger partial charge in [0.15, 0.2) is 5.13 Å². The zero-order chi connectivity index (χ0) is 17.3. The Bertz CT molecular complexity index is 857. The molecule has 0 spiro atoms. The van der Waals surface area contributed by atoms with Crippen LogP contribution in [0.15, 0.2) is 23.1 Å². The summed E-state index contributed by atoms with van der Waals surface area (Å²) in [6.07, 6.45) is 3.69. The minimum atomic E-state index is -3.44. The van der Waals surface area contributed by atoms with Crippen molar-refractivity contribution in [1.29, 1.82) is 0 Å². The van der Waals surface area contributed by atoms with Gasteiger partial charge in [-0.1, -0.05) is 11.3 Å². The Labute approximate surface area is 149 Å². The topological polar surface area (TPSA) is 79.4 Å². The Morgan fingerprint density at radius 1 is 1.38 bits per heavy atom. The molecule has 1 N–H and O–H groups in total. The molecule has 1 fully saturated rings. The lowest BCUT2D eigenvalue weighted by molar-refractivity contribution is -0.115. The van der Waals surface area contributed by atoms with Gasteiger partial charge in [-0.25, -0.2) is 13.4 Å². The molecule has 0 aliphatic carbocycles. The van der Waals surface area contributed by atoms with Gasteiger partial charge in [0.05, 0.1) is 20.4 Å². The summed E-state index contributed by atoms with van der Waals surface area (Å²) in [5.74, 6) is -0.105. The van der Waals surface area contributed by atoms with Crippen LogP contribution >= 0.6 is 23.1 Å². The van der Waals surface area contributed by atoms with Gasteiger partial charge < -0.3 is 5.32 Å². The highest BCUT2D eigenvalue weighted by molar-refractivity contribution is 7.99. The van der Waals surface area contributed by atoms with E-state index in [-0.39, 0.29) is 16.1 Å². The summed E-state index contributed by atoms with van der Waals surface area (Å²) in [5.41, 5.74) is 0.687. The van der Waals surface area contributed by atoms with Crippen LogP contribution < -0.4 is 5.32 Å². The van der Waals surface area contributed by atoms with Gasteiger partial charge in [-0.2, -0.15) is 16.1 Å². The van der Waals surface area contributed by atoms with Crippen LogP contribution in [0.3, 0.4) is 0 Å². The molecule has 2 aromatic rings. The number of hydrogen-bond donors (Lipinski definition) is 1. The largest absolute Gasteiger partial charge is 0.301 e. The zero-order valence-electron chi connectivity index (χ0n) is 13.5. The molecule has 24 heavy (non-hydrogen) atoms. The third kappa shape index (κ3) is 3.44. The van der Waals surface area contributed by atoms with Gasteiger partial charge in [0.2, 0.25) is 15.9 Å². The summed E-state index contributed by atoms with van der Waals surface area (Å²) >= 11 is 2.75. The van der Waals surface area contributed by atoms with Crippen LogP contribution in [0.1, 0.15) is 19.8 Å². The summed E-state index contributed by atoms with van der Waals surface area (Å²) in [4.78, 5) is 16.6. The number of hydrogen-bond acceptors (Lipinski definition) is 6. The number of carbonyl (C=O) groups is 1. The molecule has 0 bridgehead atoms. The maximum absolute atomic E-state index is 12.6. The summed E-state index contributed by atoms with van der Waals surface area (Å²) in [7, 11) is -3.44. The summed E-state index contributed by atoms with van der Waals surface area (Å²) in [6, 6.07) is 4.93. The average molecular weight is 386 g/mol. The van der Waals surface area contributed by atoms with Crippen LogP contribution in [0.4, 0.5) is 5.13 Å². The third-order valence-corrected chi connectivity index (χ3v) is 7.77. The molecule has 1 aliphatic rings. The lowest BCUT2D eigenvalue weighted by Crippen LogP contribution is -2.27. The van der Waals surface area contributed by atoms with Gasteiger partial charge in [0.1, 0.15) is 0 Å². The number of thiazole rings is 1. The van der Waals surface area contributed by atoms with Crippen LogP contribution in [0.2, 0.25) is 0 Å². The first-order valence-electron chi connectivity index (χ1n) is 7.66. The maximum Gasteiger partial charge on any atom is 0.243 e. The normalized spacial score (nSPS) is 17.2. The number of nitrogens with zero attached hydrogens (tertiary/aromatic N) is 2. The Morgan fingerprint density at radius 2 is 2.08 bits per heavy atom. The molecule has 0 radical (unpaired) electrons. The number of sulfonamides is 1. The second-order valence-electron chi connectivity index (χ2n) is 5.63. The van der Waals surface area contributed by atoms with E-state index in [9.17, 15) is 13.2 Å². The van der Waals surface area contributed by atoms with E-state index in [1.165, 1.54) is 27.4 Å². The number of nitrogens with one attached hydrogen (secondary N) is 1. The standard InChI is InChI=1S/C15H19N3O3S3/c1-10(22-2)14(19)17-15-16-12-6-5-11(9-13(12)23-15)24(20,21)18-7-3-4-8-18/h5-6,9-10H,3-4,7-8H2,1-2H3,(H,16,17,19). The van der Waals surface area contributed by atoms with E-state index in [1.54, 1.807) is 18.2 Å². The molecule has 130 valence electrons. The first-order valence-corrected chi connectivity index (χ1v) is 11.2. The van der Waals surface area contributed by atoms with E-state index >= 15 is 0 Å². The van der Waals surface area contributed by atoms with Crippen molar-refractivity contribution in [1.82, 2.24) is 9.29 Å². The van der Waals surface area contributed by atoms with E-state index in [0.29, 0.717) is 23.7 Å². The highest BCUT2D eigenvalue weighted by atomic mass is 32.2. The molecular formula is C15H19N3O3S3. The summed E-state index contributed by atoms with van der Waals surface area (Å²) < 4.78 is 27.5. The molecule has 1 saturated heterocycles. The van der Waals surface area contributed by atoms with E-state index in [0.717, 1.165) is 17.5 Å². The second-order valence-corrected chi connectivity index (χ2v) is 9.77.